The first-order valence-electron chi connectivity index (χ1n) is 11.8. The molecule has 7 heteroatoms. The molecule has 2 amide bonds. The van der Waals surface area contributed by atoms with E-state index in [4.69, 9.17) is 4.74 Å². The number of benzene rings is 1. The Balaban J connectivity index is 1.96. The molecule has 32 heavy (non-hydrogen) atoms. The average molecular weight is 509 g/mol. The van der Waals surface area contributed by atoms with Crippen molar-refractivity contribution in [3.05, 3.63) is 27.7 Å². The molecule has 178 valence electrons. The number of amides is 2. The lowest BCUT2D eigenvalue weighted by atomic mass is 9.79. The summed E-state index contributed by atoms with van der Waals surface area (Å²) in [6.45, 7) is 11.3. The van der Waals surface area contributed by atoms with Crippen molar-refractivity contribution in [2.24, 2.45) is 5.41 Å². The zero-order valence-electron chi connectivity index (χ0n) is 20.2. The molecule has 1 aromatic carbocycles. The molecular formula is C25H38BrN3O3. The second-order valence-corrected chi connectivity index (χ2v) is 10.8. The van der Waals surface area contributed by atoms with Crippen LogP contribution in [0.1, 0.15) is 69.3 Å². The van der Waals surface area contributed by atoms with Crippen LogP contribution in [0.15, 0.2) is 16.6 Å². The molecule has 1 N–H and O–H groups in total. The van der Waals surface area contributed by atoms with Gasteiger partial charge in [-0.25, -0.2) is 0 Å². The van der Waals surface area contributed by atoms with Crippen molar-refractivity contribution in [1.82, 2.24) is 10.2 Å². The number of halogens is 1. The normalized spacial score (nSPS) is 20.4. The maximum absolute atomic E-state index is 13.8. The lowest BCUT2D eigenvalue weighted by Gasteiger charge is -2.40. The smallest absolute Gasteiger partial charge is 0.255 e. The lowest BCUT2D eigenvalue weighted by molar-refractivity contribution is -0.127. The van der Waals surface area contributed by atoms with Gasteiger partial charge in [-0.1, -0.05) is 13.8 Å². The molecule has 0 saturated carbocycles. The number of piperidine rings is 1. The van der Waals surface area contributed by atoms with E-state index >= 15 is 0 Å². The van der Waals surface area contributed by atoms with Crippen molar-refractivity contribution >= 4 is 33.4 Å². The second kappa shape index (κ2) is 10.7. The van der Waals surface area contributed by atoms with E-state index < -0.39 is 5.41 Å². The third-order valence-corrected chi connectivity index (χ3v) is 7.24. The maximum atomic E-state index is 13.8. The molecule has 0 unspecified atom stereocenters. The number of nitrogens with one attached hydrogen (secondary N) is 1. The number of unbranched alkanes of at least 4 members (excludes halogenated alkanes) is 1. The van der Waals surface area contributed by atoms with Crippen LogP contribution in [0.25, 0.3) is 0 Å². The van der Waals surface area contributed by atoms with Gasteiger partial charge in [-0.05, 0) is 86.1 Å². The summed E-state index contributed by atoms with van der Waals surface area (Å²) < 4.78 is 5.98. The number of fused-ring (bicyclic) bond motifs is 1. The Hall–Kier alpha value is -1.44. The lowest BCUT2D eigenvalue weighted by Crippen LogP contribution is -2.52. The van der Waals surface area contributed by atoms with Crippen LogP contribution < -0.4 is 10.2 Å². The van der Waals surface area contributed by atoms with Gasteiger partial charge < -0.3 is 19.9 Å². The summed E-state index contributed by atoms with van der Waals surface area (Å²) in [4.78, 5) is 31.0. The van der Waals surface area contributed by atoms with E-state index in [1.807, 2.05) is 29.7 Å². The Morgan fingerprint density at radius 3 is 2.72 bits per heavy atom. The summed E-state index contributed by atoms with van der Waals surface area (Å²) in [5, 5.41) is 3.43. The molecule has 0 radical (unpaired) electrons. The number of methoxy groups -OCH3 is 1. The third-order valence-electron chi connectivity index (χ3n) is 6.58. The fourth-order valence-electron chi connectivity index (χ4n) is 4.96. The summed E-state index contributed by atoms with van der Waals surface area (Å²) >= 11 is 3.68. The van der Waals surface area contributed by atoms with Gasteiger partial charge in [0, 0.05) is 54.5 Å². The first-order chi connectivity index (χ1) is 15.2. The van der Waals surface area contributed by atoms with Crippen LogP contribution in [0.4, 0.5) is 5.69 Å². The monoisotopic (exact) mass is 507 g/mol. The van der Waals surface area contributed by atoms with Crippen molar-refractivity contribution < 1.29 is 14.3 Å². The molecule has 0 bridgehead atoms. The molecule has 2 aliphatic heterocycles. The van der Waals surface area contributed by atoms with Crippen LogP contribution in [0.3, 0.4) is 0 Å². The molecular weight excluding hydrogens is 470 g/mol. The largest absolute Gasteiger partial charge is 0.385 e. The molecule has 1 fully saturated rings. The predicted molar refractivity (Wildman–Crippen MR) is 132 cm³/mol. The average Bonchev–Trinajstić information content (AvgIpc) is 2.73. The van der Waals surface area contributed by atoms with Gasteiger partial charge >= 0.3 is 0 Å². The van der Waals surface area contributed by atoms with Gasteiger partial charge in [-0.2, -0.15) is 0 Å². The minimum Gasteiger partial charge on any atom is -0.385 e. The van der Waals surface area contributed by atoms with Gasteiger partial charge in [0.1, 0.15) is 0 Å². The summed E-state index contributed by atoms with van der Waals surface area (Å²) in [5.74, 6) is 0.153. The fraction of sp³-hybridized carbons (Fsp3) is 0.680. The highest BCUT2D eigenvalue weighted by molar-refractivity contribution is 9.10. The summed E-state index contributed by atoms with van der Waals surface area (Å²) in [7, 11) is 1.70. The minimum absolute atomic E-state index is 0.0278. The number of nitrogens with zero attached hydrogens (tertiary/aromatic N) is 2. The number of carbonyl (C=O) groups is 2. The molecule has 0 aliphatic carbocycles. The third kappa shape index (κ3) is 5.37. The number of hydrogen-bond donors (Lipinski definition) is 1. The molecule has 0 aromatic heterocycles. The quantitative estimate of drug-likeness (QED) is 0.529. The molecule has 1 aromatic rings. The zero-order valence-corrected chi connectivity index (χ0v) is 21.8. The minimum atomic E-state index is -0.461. The van der Waals surface area contributed by atoms with E-state index in [0.717, 1.165) is 54.5 Å². The zero-order chi connectivity index (χ0) is 23.5. The van der Waals surface area contributed by atoms with Crippen molar-refractivity contribution in [2.75, 3.05) is 38.3 Å². The van der Waals surface area contributed by atoms with Crippen LogP contribution in [0.5, 0.6) is 0 Å². The molecule has 1 saturated heterocycles. The van der Waals surface area contributed by atoms with Crippen LogP contribution in [-0.4, -0.2) is 62.1 Å². The van der Waals surface area contributed by atoms with Crippen LogP contribution in [-0.2, 0) is 16.0 Å². The summed E-state index contributed by atoms with van der Waals surface area (Å²) in [5.41, 5.74) is 2.16. The highest BCUT2D eigenvalue weighted by atomic mass is 79.9. The van der Waals surface area contributed by atoms with E-state index in [1.54, 1.807) is 7.11 Å². The second-order valence-electron chi connectivity index (χ2n) is 9.98. The predicted octanol–water partition coefficient (Wildman–Crippen LogP) is 4.39. The first kappa shape index (κ1) is 25.2. The number of rotatable bonds is 8. The van der Waals surface area contributed by atoms with E-state index in [1.165, 1.54) is 0 Å². The molecule has 0 spiro atoms. The van der Waals surface area contributed by atoms with Crippen LogP contribution in [0, 0.1) is 5.41 Å². The van der Waals surface area contributed by atoms with Crippen LogP contribution >= 0.6 is 15.9 Å². The number of ether oxygens (including phenoxy) is 1. The number of hydrogen-bond acceptors (Lipinski definition) is 4. The van der Waals surface area contributed by atoms with Gasteiger partial charge in [0.2, 0.25) is 5.91 Å². The Morgan fingerprint density at radius 2 is 2.09 bits per heavy atom. The highest BCUT2D eigenvalue weighted by Crippen LogP contribution is 2.40. The van der Waals surface area contributed by atoms with Gasteiger partial charge in [-0.15, -0.1) is 0 Å². The van der Waals surface area contributed by atoms with E-state index in [2.05, 4.69) is 41.2 Å². The van der Waals surface area contributed by atoms with Crippen molar-refractivity contribution in [3.63, 3.8) is 0 Å². The van der Waals surface area contributed by atoms with Crippen molar-refractivity contribution in [1.29, 1.82) is 0 Å². The maximum Gasteiger partial charge on any atom is 0.255 e. The molecule has 2 heterocycles. The first-order valence-corrected chi connectivity index (χ1v) is 12.6. The number of carbonyl (C=O) groups excluding carboxylic acids is 2. The Bertz CT molecular complexity index is 834. The Labute approximate surface area is 201 Å². The Kier molecular flexibility index (Phi) is 8.39. The standard InChI is InChI=1S/C25H38BrN3O3/c1-17(2)29(19-9-8-10-27-16-19)23(30)20-14-22-18(13-21(20)26)15-25(3,4)24(31)28(22)11-6-7-12-32-5/h13-14,17,19,27H,6-12,15-16H2,1-5H3/t19-/m1/s1. The van der Waals surface area contributed by atoms with E-state index in [-0.39, 0.29) is 23.9 Å². The van der Waals surface area contributed by atoms with E-state index in [0.29, 0.717) is 25.1 Å². The molecule has 1 atom stereocenters. The van der Waals surface area contributed by atoms with Gasteiger partial charge in [0.05, 0.1) is 5.56 Å². The van der Waals surface area contributed by atoms with Gasteiger partial charge in [0.15, 0.2) is 0 Å². The SMILES string of the molecule is COCCCCN1C(=O)C(C)(C)Cc2cc(Br)c(C(=O)N(C(C)C)[C@@H]3CCCNC3)cc21. The molecule has 2 aliphatic rings. The summed E-state index contributed by atoms with van der Waals surface area (Å²) in [6.07, 6.45) is 4.51. The van der Waals surface area contributed by atoms with Crippen LogP contribution in [0.2, 0.25) is 0 Å². The Morgan fingerprint density at radius 1 is 1.34 bits per heavy atom. The van der Waals surface area contributed by atoms with E-state index in [9.17, 15) is 9.59 Å². The highest BCUT2D eigenvalue weighted by Gasteiger charge is 2.40. The molecule has 6 nitrogen and oxygen atoms in total. The van der Waals surface area contributed by atoms with Crippen molar-refractivity contribution in [2.45, 2.75) is 71.9 Å². The van der Waals surface area contributed by atoms with Gasteiger partial charge in [0.25, 0.3) is 5.91 Å². The van der Waals surface area contributed by atoms with Crippen molar-refractivity contribution in [3.8, 4) is 0 Å². The topological polar surface area (TPSA) is 61.9 Å². The number of anilines is 1. The fourth-order valence-corrected chi connectivity index (χ4v) is 5.52. The van der Waals surface area contributed by atoms with Gasteiger partial charge in [-0.3, -0.25) is 9.59 Å². The molecule has 3 rings (SSSR count). The summed E-state index contributed by atoms with van der Waals surface area (Å²) in [6, 6.07) is 4.28.